The van der Waals surface area contributed by atoms with Crippen molar-refractivity contribution in [1.29, 1.82) is 0 Å². The number of nitrogens with zero attached hydrogens (tertiary/aromatic N) is 5. The first kappa shape index (κ1) is 20.5. The average molecular weight is 437 g/mol. The van der Waals surface area contributed by atoms with Crippen molar-refractivity contribution in [3.63, 3.8) is 0 Å². The Labute approximate surface area is 186 Å². The van der Waals surface area contributed by atoms with Crippen LogP contribution in [0.5, 0.6) is 5.88 Å². The van der Waals surface area contributed by atoms with E-state index in [1.165, 1.54) is 0 Å². The van der Waals surface area contributed by atoms with Gasteiger partial charge in [-0.1, -0.05) is 0 Å². The van der Waals surface area contributed by atoms with Crippen molar-refractivity contribution in [3.8, 4) is 17.1 Å². The predicted octanol–water partition coefficient (Wildman–Crippen LogP) is 3.62. The van der Waals surface area contributed by atoms with Gasteiger partial charge in [-0.15, -0.1) is 0 Å². The van der Waals surface area contributed by atoms with Crippen molar-refractivity contribution in [3.05, 3.63) is 30.7 Å². The Morgan fingerprint density at radius 3 is 2.56 bits per heavy atom. The van der Waals surface area contributed by atoms with Crippen LogP contribution in [0, 0.1) is 0 Å². The van der Waals surface area contributed by atoms with Crippen LogP contribution < -0.4 is 9.64 Å². The summed E-state index contributed by atoms with van der Waals surface area (Å²) in [5.74, 6) is 1.45. The van der Waals surface area contributed by atoms with Gasteiger partial charge in [-0.3, -0.25) is 4.90 Å². The van der Waals surface area contributed by atoms with Crippen LogP contribution in [0.3, 0.4) is 0 Å². The molecule has 3 aromatic heterocycles. The van der Waals surface area contributed by atoms with Gasteiger partial charge < -0.3 is 19.4 Å². The topological polar surface area (TPSA) is 96.5 Å². The standard InChI is InChI=1S/C23H28N6O3/c1-23(2,3)32-22(30)29-15-5-6-16(29)12-28(11-15)21-17-10-18(27-20(17)25-13-26-21)14-7-8-24-19(9-14)31-4/h7-10,13,15-16H,5-6,11-12H2,1-4H3,(H,25,26,27). The van der Waals surface area contributed by atoms with E-state index >= 15 is 0 Å². The van der Waals surface area contributed by atoms with Crippen molar-refractivity contribution in [2.24, 2.45) is 0 Å². The quantitative estimate of drug-likeness (QED) is 0.670. The zero-order valence-corrected chi connectivity index (χ0v) is 18.8. The largest absolute Gasteiger partial charge is 0.481 e. The molecule has 0 radical (unpaired) electrons. The first-order chi connectivity index (χ1) is 15.3. The molecule has 1 amide bonds. The van der Waals surface area contributed by atoms with E-state index in [1.807, 2.05) is 37.8 Å². The van der Waals surface area contributed by atoms with Crippen LogP contribution in [-0.2, 0) is 4.74 Å². The minimum absolute atomic E-state index is 0.122. The lowest BCUT2D eigenvalue weighted by Crippen LogP contribution is -2.57. The number of H-pyrrole nitrogens is 1. The molecule has 1 N–H and O–H groups in total. The number of piperazine rings is 1. The molecule has 2 saturated heterocycles. The number of anilines is 1. The van der Waals surface area contributed by atoms with Crippen LogP contribution in [0.15, 0.2) is 30.7 Å². The molecule has 0 aromatic carbocycles. The molecular weight excluding hydrogens is 408 g/mol. The molecular formula is C23H28N6O3. The second-order valence-corrected chi connectivity index (χ2v) is 9.41. The molecule has 32 heavy (non-hydrogen) atoms. The van der Waals surface area contributed by atoms with Crippen molar-refractivity contribution < 1.29 is 14.3 Å². The number of hydrogen-bond acceptors (Lipinski definition) is 7. The normalized spacial score (nSPS) is 20.6. The van der Waals surface area contributed by atoms with Gasteiger partial charge in [0.25, 0.3) is 0 Å². The number of carbonyl (C=O) groups is 1. The Balaban J connectivity index is 1.42. The van der Waals surface area contributed by atoms with E-state index in [0.717, 1.165) is 54.0 Å². The van der Waals surface area contributed by atoms with Gasteiger partial charge in [-0.2, -0.15) is 0 Å². The molecule has 2 aliphatic heterocycles. The summed E-state index contributed by atoms with van der Waals surface area (Å²) in [6.07, 6.45) is 5.05. The van der Waals surface area contributed by atoms with E-state index in [0.29, 0.717) is 5.88 Å². The minimum atomic E-state index is -0.496. The number of carbonyl (C=O) groups excluding carboxylic acids is 1. The Kier molecular flexibility index (Phi) is 4.91. The van der Waals surface area contributed by atoms with Crippen molar-refractivity contribution in [2.45, 2.75) is 51.3 Å². The van der Waals surface area contributed by atoms with E-state index in [1.54, 1.807) is 19.6 Å². The summed E-state index contributed by atoms with van der Waals surface area (Å²) in [4.78, 5) is 33.6. The molecule has 3 aromatic rings. The predicted molar refractivity (Wildman–Crippen MR) is 121 cm³/mol. The molecule has 168 valence electrons. The summed E-state index contributed by atoms with van der Waals surface area (Å²) < 4.78 is 10.9. The van der Waals surface area contributed by atoms with Gasteiger partial charge >= 0.3 is 6.09 Å². The molecule has 0 aliphatic carbocycles. The number of methoxy groups -OCH3 is 1. The van der Waals surface area contributed by atoms with Crippen molar-refractivity contribution >= 4 is 22.9 Å². The zero-order valence-electron chi connectivity index (χ0n) is 18.8. The summed E-state index contributed by atoms with van der Waals surface area (Å²) in [6.45, 7) is 7.17. The highest BCUT2D eigenvalue weighted by atomic mass is 16.6. The van der Waals surface area contributed by atoms with E-state index in [2.05, 4.69) is 30.9 Å². The van der Waals surface area contributed by atoms with Gasteiger partial charge in [0.15, 0.2) is 0 Å². The first-order valence-corrected chi connectivity index (χ1v) is 10.9. The highest BCUT2D eigenvalue weighted by Crippen LogP contribution is 2.36. The van der Waals surface area contributed by atoms with Gasteiger partial charge in [-0.25, -0.2) is 19.7 Å². The average Bonchev–Trinajstić information content (AvgIpc) is 3.31. The monoisotopic (exact) mass is 436 g/mol. The minimum Gasteiger partial charge on any atom is -0.481 e. The fourth-order valence-electron chi connectivity index (χ4n) is 4.71. The number of nitrogens with one attached hydrogen (secondary N) is 1. The summed E-state index contributed by atoms with van der Waals surface area (Å²) in [5, 5.41) is 0.961. The molecule has 9 heteroatoms. The Hall–Kier alpha value is -3.36. The van der Waals surface area contributed by atoms with Crippen LogP contribution in [0.4, 0.5) is 10.6 Å². The Bertz CT molecular complexity index is 1140. The molecule has 5 heterocycles. The number of aromatic amines is 1. The number of ether oxygens (including phenoxy) is 2. The molecule has 2 fully saturated rings. The summed E-state index contributed by atoms with van der Waals surface area (Å²) >= 11 is 0. The second kappa shape index (κ2) is 7.65. The number of amides is 1. The maximum Gasteiger partial charge on any atom is 0.410 e. The summed E-state index contributed by atoms with van der Waals surface area (Å²) in [5.41, 5.74) is 2.18. The number of pyridine rings is 1. The molecule has 2 bridgehead atoms. The Morgan fingerprint density at radius 2 is 1.88 bits per heavy atom. The van der Waals surface area contributed by atoms with Crippen LogP contribution in [0.1, 0.15) is 33.6 Å². The summed E-state index contributed by atoms with van der Waals surface area (Å²) in [6, 6.07) is 6.13. The highest BCUT2D eigenvalue weighted by Gasteiger charge is 2.44. The molecule has 9 nitrogen and oxygen atoms in total. The van der Waals surface area contributed by atoms with E-state index in [4.69, 9.17) is 9.47 Å². The number of rotatable bonds is 3. The molecule has 5 rings (SSSR count). The fraction of sp³-hybridized carbons (Fsp3) is 0.478. The molecule has 2 unspecified atom stereocenters. The van der Waals surface area contributed by atoms with Crippen LogP contribution in [0.25, 0.3) is 22.3 Å². The van der Waals surface area contributed by atoms with Crippen molar-refractivity contribution in [1.82, 2.24) is 24.8 Å². The highest BCUT2D eigenvalue weighted by molar-refractivity contribution is 5.92. The lowest BCUT2D eigenvalue weighted by atomic mass is 10.1. The smallest absolute Gasteiger partial charge is 0.410 e. The maximum absolute atomic E-state index is 12.8. The zero-order chi connectivity index (χ0) is 22.5. The third-order valence-electron chi connectivity index (χ3n) is 6.05. The van der Waals surface area contributed by atoms with E-state index in [-0.39, 0.29) is 18.2 Å². The number of hydrogen-bond donors (Lipinski definition) is 1. The SMILES string of the molecule is COc1cc(-c2cc3c(N4CC5CCC(C4)N5C(=O)OC(C)(C)C)ncnc3[nH]2)ccn1. The van der Waals surface area contributed by atoms with Gasteiger partial charge in [0.05, 0.1) is 24.6 Å². The Morgan fingerprint density at radius 1 is 1.12 bits per heavy atom. The van der Waals surface area contributed by atoms with Crippen LogP contribution in [-0.4, -0.2) is 68.8 Å². The lowest BCUT2D eigenvalue weighted by molar-refractivity contribution is 0.0123. The van der Waals surface area contributed by atoms with Gasteiger partial charge in [0.2, 0.25) is 5.88 Å². The van der Waals surface area contributed by atoms with Crippen LogP contribution >= 0.6 is 0 Å². The number of aromatic nitrogens is 4. The third-order valence-corrected chi connectivity index (χ3v) is 6.05. The van der Waals surface area contributed by atoms with Gasteiger partial charge in [-0.05, 0) is 45.7 Å². The van der Waals surface area contributed by atoms with E-state index in [9.17, 15) is 4.79 Å². The van der Waals surface area contributed by atoms with Gasteiger partial charge in [0, 0.05) is 36.6 Å². The molecule has 0 spiro atoms. The summed E-state index contributed by atoms with van der Waals surface area (Å²) in [7, 11) is 1.60. The third kappa shape index (κ3) is 3.72. The molecule has 0 saturated carbocycles. The second-order valence-electron chi connectivity index (χ2n) is 9.41. The van der Waals surface area contributed by atoms with Gasteiger partial charge in [0.1, 0.15) is 23.4 Å². The maximum atomic E-state index is 12.8. The lowest BCUT2D eigenvalue weighted by Gasteiger charge is -2.41. The molecule has 2 aliphatic rings. The number of fused-ring (bicyclic) bond motifs is 3. The van der Waals surface area contributed by atoms with Crippen LogP contribution in [0.2, 0.25) is 0 Å². The molecule has 2 atom stereocenters. The fourth-order valence-corrected chi connectivity index (χ4v) is 4.71. The van der Waals surface area contributed by atoms with Crippen molar-refractivity contribution in [2.75, 3.05) is 25.1 Å². The van der Waals surface area contributed by atoms with E-state index < -0.39 is 5.60 Å². The first-order valence-electron chi connectivity index (χ1n) is 10.9.